The quantitative estimate of drug-likeness (QED) is 0.913. The van der Waals surface area contributed by atoms with Gasteiger partial charge < -0.3 is 14.8 Å². The van der Waals surface area contributed by atoms with Gasteiger partial charge in [-0.25, -0.2) is 4.79 Å². The van der Waals surface area contributed by atoms with Crippen LogP contribution in [0.3, 0.4) is 0 Å². The number of carboxylic acid groups (broad SMARTS) is 1. The molecule has 2 N–H and O–H groups in total. The second kappa shape index (κ2) is 5.07. The molecule has 0 saturated heterocycles. The average Bonchev–Trinajstić information content (AvgIpc) is 2.75. The number of aromatic nitrogens is 1. The number of aliphatic hydroxyl groups is 1. The number of rotatable bonds is 3. The van der Waals surface area contributed by atoms with Gasteiger partial charge in [0.2, 0.25) is 0 Å². The number of para-hydroxylation sites is 1. The first-order valence-corrected chi connectivity index (χ1v) is 6.26. The van der Waals surface area contributed by atoms with Crippen molar-refractivity contribution < 1.29 is 28.2 Å². The lowest BCUT2D eigenvalue weighted by Crippen LogP contribution is -2.10. The van der Waals surface area contributed by atoms with E-state index < -0.39 is 23.8 Å². The van der Waals surface area contributed by atoms with E-state index in [4.69, 9.17) is 5.11 Å². The number of alkyl halides is 3. The van der Waals surface area contributed by atoms with Crippen molar-refractivity contribution in [2.45, 2.75) is 32.2 Å². The number of benzene rings is 1. The number of aliphatic hydroxyl groups excluding tert-OH is 1. The summed E-state index contributed by atoms with van der Waals surface area (Å²) in [5.41, 5.74) is -1.01. The topological polar surface area (TPSA) is 62.5 Å². The summed E-state index contributed by atoms with van der Waals surface area (Å²) in [4.78, 5) is 10.9. The van der Waals surface area contributed by atoms with E-state index in [1.807, 2.05) is 0 Å². The van der Waals surface area contributed by atoms with Crippen molar-refractivity contribution in [2.75, 3.05) is 0 Å². The Morgan fingerprint density at radius 3 is 2.38 bits per heavy atom. The van der Waals surface area contributed by atoms with Gasteiger partial charge in [-0.05, 0) is 19.9 Å². The first kappa shape index (κ1) is 15.4. The van der Waals surface area contributed by atoms with E-state index in [1.165, 1.54) is 22.9 Å². The molecule has 21 heavy (non-hydrogen) atoms. The Balaban J connectivity index is 2.85. The van der Waals surface area contributed by atoms with Gasteiger partial charge in [0.15, 0.2) is 6.10 Å². The van der Waals surface area contributed by atoms with Crippen LogP contribution in [0.25, 0.3) is 10.9 Å². The van der Waals surface area contributed by atoms with Crippen LogP contribution in [0.4, 0.5) is 13.2 Å². The monoisotopic (exact) mass is 301 g/mol. The van der Waals surface area contributed by atoms with Crippen molar-refractivity contribution >= 4 is 16.9 Å². The maximum Gasteiger partial charge on any atom is 0.418 e. The predicted octanol–water partition coefficient (Wildman–Crippen LogP) is 3.36. The third-order valence-corrected chi connectivity index (χ3v) is 3.27. The fourth-order valence-electron chi connectivity index (χ4n) is 2.33. The van der Waals surface area contributed by atoms with Gasteiger partial charge in [-0.1, -0.05) is 12.1 Å². The Morgan fingerprint density at radius 2 is 1.90 bits per heavy atom. The molecule has 0 aliphatic heterocycles. The summed E-state index contributed by atoms with van der Waals surface area (Å²) in [6.07, 6.45) is -5.16. The zero-order valence-electron chi connectivity index (χ0n) is 11.3. The SMILES string of the molecule is CC(C)n1cc(C(O)C(=O)O)c2cccc(C(F)(F)F)c21. The summed E-state index contributed by atoms with van der Waals surface area (Å²) in [6, 6.07) is 3.21. The summed E-state index contributed by atoms with van der Waals surface area (Å²) in [5, 5.41) is 18.7. The maximum atomic E-state index is 13.1. The van der Waals surface area contributed by atoms with Crippen molar-refractivity contribution in [3.05, 3.63) is 35.5 Å². The highest BCUT2D eigenvalue weighted by molar-refractivity contribution is 5.91. The summed E-state index contributed by atoms with van der Waals surface area (Å²) in [6.45, 7) is 3.37. The van der Waals surface area contributed by atoms with E-state index >= 15 is 0 Å². The van der Waals surface area contributed by atoms with Crippen LogP contribution in [0.2, 0.25) is 0 Å². The van der Waals surface area contributed by atoms with Crippen LogP contribution in [-0.4, -0.2) is 20.7 Å². The molecule has 1 aromatic heterocycles. The van der Waals surface area contributed by atoms with Gasteiger partial charge in [0.25, 0.3) is 0 Å². The Bertz CT molecular complexity index is 689. The number of aliphatic carboxylic acids is 1. The fourth-order valence-corrected chi connectivity index (χ4v) is 2.33. The number of hydrogen-bond acceptors (Lipinski definition) is 2. The van der Waals surface area contributed by atoms with E-state index in [-0.39, 0.29) is 22.5 Å². The molecule has 0 amide bonds. The van der Waals surface area contributed by atoms with Crippen LogP contribution in [0.1, 0.15) is 37.1 Å². The van der Waals surface area contributed by atoms with Gasteiger partial charge in [0.1, 0.15) is 0 Å². The first-order valence-electron chi connectivity index (χ1n) is 6.26. The van der Waals surface area contributed by atoms with Gasteiger partial charge in [0.05, 0.1) is 11.1 Å². The smallest absolute Gasteiger partial charge is 0.418 e. The summed E-state index contributed by atoms with van der Waals surface area (Å²) < 4.78 is 40.7. The molecule has 1 aromatic carbocycles. The van der Waals surface area contributed by atoms with E-state index in [0.717, 1.165) is 6.07 Å². The minimum absolute atomic E-state index is 0.0442. The van der Waals surface area contributed by atoms with E-state index in [1.54, 1.807) is 13.8 Å². The standard InChI is InChI=1S/C14H14F3NO3/c1-7(2)18-6-9(12(19)13(20)21)8-4-3-5-10(11(8)18)14(15,16)17/h3-7,12,19H,1-2H3,(H,20,21). The van der Waals surface area contributed by atoms with Crippen LogP contribution < -0.4 is 0 Å². The second-order valence-electron chi connectivity index (χ2n) is 5.03. The minimum Gasteiger partial charge on any atom is -0.479 e. The predicted molar refractivity (Wildman–Crippen MR) is 69.9 cm³/mol. The van der Waals surface area contributed by atoms with Crippen molar-refractivity contribution in [1.82, 2.24) is 4.57 Å². The second-order valence-corrected chi connectivity index (χ2v) is 5.03. The number of hydrogen-bond donors (Lipinski definition) is 2. The number of carbonyl (C=O) groups is 1. The number of nitrogens with zero attached hydrogens (tertiary/aromatic N) is 1. The van der Waals surface area contributed by atoms with Gasteiger partial charge in [-0.15, -0.1) is 0 Å². The molecule has 1 unspecified atom stereocenters. The summed E-state index contributed by atoms with van der Waals surface area (Å²) in [7, 11) is 0. The zero-order chi connectivity index (χ0) is 15.9. The molecular formula is C14H14F3NO3. The normalized spacial score (nSPS) is 13.9. The molecule has 7 heteroatoms. The lowest BCUT2D eigenvalue weighted by atomic mass is 10.1. The number of halogens is 3. The van der Waals surface area contributed by atoms with Crippen molar-refractivity contribution in [3.8, 4) is 0 Å². The third-order valence-electron chi connectivity index (χ3n) is 3.27. The molecular weight excluding hydrogens is 287 g/mol. The van der Waals surface area contributed by atoms with Gasteiger partial charge in [-0.3, -0.25) is 0 Å². The van der Waals surface area contributed by atoms with Gasteiger partial charge >= 0.3 is 12.1 Å². The molecule has 2 rings (SSSR count). The molecule has 1 atom stereocenters. The third kappa shape index (κ3) is 2.61. The first-order chi connectivity index (χ1) is 9.64. The minimum atomic E-state index is -4.56. The van der Waals surface area contributed by atoms with E-state index in [9.17, 15) is 23.1 Å². The van der Waals surface area contributed by atoms with Crippen LogP contribution in [0, 0.1) is 0 Å². The van der Waals surface area contributed by atoms with Crippen LogP contribution in [0.5, 0.6) is 0 Å². The highest BCUT2D eigenvalue weighted by atomic mass is 19.4. The van der Waals surface area contributed by atoms with E-state index in [0.29, 0.717) is 0 Å². The lowest BCUT2D eigenvalue weighted by Gasteiger charge is -2.14. The van der Waals surface area contributed by atoms with Gasteiger partial charge in [-0.2, -0.15) is 13.2 Å². The van der Waals surface area contributed by atoms with Crippen molar-refractivity contribution in [3.63, 3.8) is 0 Å². The van der Waals surface area contributed by atoms with Crippen molar-refractivity contribution in [2.24, 2.45) is 0 Å². The Morgan fingerprint density at radius 1 is 1.29 bits per heavy atom. The van der Waals surface area contributed by atoms with Gasteiger partial charge in [0, 0.05) is 23.2 Å². The Kier molecular flexibility index (Phi) is 3.71. The molecule has 0 aliphatic carbocycles. The summed E-state index contributed by atoms with van der Waals surface area (Å²) in [5.74, 6) is -1.50. The molecule has 0 aliphatic rings. The lowest BCUT2D eigenvalue weighted by molar-refractivity contribution is -0.146. The Hall–Kier alpha value is -2.02. The van der Waals surface area contributed by atoms with Crippen molar-refractivity contribution in [1.29, 1.82) is 0 Å². The molecule has 0 saturated carbocycles. The van der Waals surface area contributed by atoms with Crippen LogP contribution in [0.15, 0.2) is 24.4 Å². The highest BCUT2D eigenvalue weighted by Crippen LogP contribution is 2.39. The molecule has 0 bridgehead atoms. The number of fused-ring (bicyclic) bond motifs is 1. The highest BCUT2D eigenvalue weighted by Gasteiger charge is 2.35. The molecule has 114 valence electrons. The Labute approximate surface area is 118 Å². The molecule has 0 radical (unpaired) electrons. The molecule has 0 spiro atoms. The fraction of sp³-hybridized carbons (Fsp3) is 0.357. The number of carboxylic acids is 1. The largest absolute Gasteiger partial charge is 0.479 e. The summed E-state index contributed by atoms with van der Waals surface area (Å²) >= 11 is 0. The molecule has 4 nitrogen and oxygen atoms in total. The molecule has 1 heterocycles. The maximum absolute atomic E-state index is 13.1. The zero-order valence-corrected chi connectivity index (χ0v) is 11.3. The van der Waals surface area contributed by atoms with E-state index in [2.05, 4.69) is 0 Å². The molecule has 0 fully saturated rings. The molecule has 2 aromatic rings. The average molecular weight is 301 g/mol. The van der Waals surface area contributed by atoms with Crippen LogP contribution in [-0.2, 0) is 11.0 Å². The van der Waals surface area contributed by atoms with Crippen LogP contribution >= 0.6 is 0 Å².